The van der Waals surface area contributed by atoms with Gasteiger partial charge in [-0.25, -0.2) is 0 Å². The third-order valence-corrected chi connectivity index (χ3v) is 6.26. The van der Waals surface area contributed by atoms with Gasteiger partial charge in [0.05, 0.1) is 16.7 Å². The molecule has 2 N–H and O–H groups in total. The molecule has 0 aromatic rings. The standard InChI is InChI=1S/C17H24O6/c1-3-10(2)12(18)23-17-6-11-4-15(8-17,13(19)20)7-16(5-11,9-17)14(21)22/h10-11H,3-9H2,1-2H3,(H,19,20)(H,21,22). The summed E-state index contributed by atoms with van der Waals surface area (Å²) in [6.45, 7) is 3.67. The third-order valence-electron chi connectivity index (χ3n) is 6.26. The van der Waals surface area contributed by atoms with Crippen LogP contribution in [0.3, 0.4) is 0 Å². The molecule has 4 aliphatic rings. The zero-order valence-electron chi connectivity index (χ0n) is 13.6. The molecule has 23 heavy (non-hydrogen) atoms. The van der Waals surface area contributed by atoms with Crippen molar-refractivity contribution < 1.29 is 29.3 Å². The van der Waals surface area contributed by atoms with Crippen LogP contribution >= 0.6 is 0 Å². The second-order valence-corrected chi connectivity index (χ2v) is 8.09. The fraction of sp³-hybridized carbons (Fsp3) is 0.824. The van der Waals surface area contributed by atoms with Crippen LogP contribution in [0.1, 0.15) is 58.8 Å². The second-order valence-electron chi connectivity index (χ2n) is 8.09. The number of rotatable bonds is 5. The Kier molecular flexibility index (Phi) is 3.50. The lowest BCUT2D eigenvalue weighted by atomic mass is 9.42. The topological polar surface area (TPSA) is 101 Å². The zero-order chi connectivity index (χ0) is 17.0. The number of hydrogen-bond donors (Lipinski definition) is 2. The van der Waals surface area contributed by atoms with Gasteiger partial charge in [-0.05, 0) is 38.0 Å². The molecule has 0 amide bonds. The minimum absolute atomic E-state index is 0.00295. The highest BCUT2D eigenvalue weighted by atomic mass is 16.6. The van der Waals surface area contributed by atoms with Crippen LogP contribution in [0.2, 0.25) is 0 Å². The molecule has 0 saturated heterocycles. The summed E-state index contributed by atoms with van der Waals surface area (Å²) in [5.41, 5.74) is -3.04. The van der Waals surface area contributed by atoms with E-state index < -0.39 is 28.4 Å². The van der Waals surface area contributed by atoms with Crippen LogP contribution < -0.4 is 0 Å². The summed E-state index contributed by atoms with van der Waals surface area (Å²) in [5.74, 6) is -2.49. The Morgan fingerprint density at radius 3 is 2.00 bits per heavy atom. The molecule has 0 spiro atoms. The van der Waals surface area contributed by atoms with E-state index in [-0.39, 0.29) is 37.1 Å². The van der Waals surface area contributed by atoms with Crippen molar-refractivity contribution in [3.05, 3.63) is 0 Å². The maximum absolute atomic E-state index is 12.3. The fourth-order valence-corrected chi connectivity index (χ4v) is 5.42. The van der Waals surface area contributed by atoms with Crippen molar-refractivity contribution in [1.29, 1.82) is 0 Å². The van der Waals surface area contributed by atoms with Gasteiger partial charge in [-0.15, -0.1) is 0 Å². The maximum Gasteiger partial charge on any atom is 0.309 e. The van der Waals surface area contributed by atoms with Crippen molar-refractivity contribution in [2.24, 2.45) is 22.7 Å². The Hall–Kier alpha value is -1.59. The lowest BCUT2D eigenvalue weighted by molar-refractivity contribution is -0.233. The zero-order valence-corrected chi connectivity index (χ0v) is 13.6. The van der Waals surface area contributed by atoms with Crippen molar-refractivity contribution in [2.75, 3.05) is 0 Å². The Morgan fingerprint density at radius 1 is 1.04 bits per heavy atom. The van der Waals surface area contributed by atoms with Crippen LogP contribution in [-0.2, 0) is 19.1 Å². The van der Waals surface area contributed by atoms with Crippen LogP contribution in [0.25, 0.3) is 0 Å². The summed E-state index contributed by atoms with van der Waals surface area (Å²) in [6.07, 6.45) is 2.90. The molecule has 4 fully saturated rings. The van der Waals surface area contributed by atoms with Crippen LogP contribution in [0.15, 0.2) is 0 Å². The molecule has 4 bridgehead atoms. The van der Waals surface area contributed by atoms with Gasteiger partial charge in [-0.1, -0.05) is 13.8 Å². The summed E-state index contributed by atoms with van der Waals surface area (Å²) in [5, 5.41) is 19.5. The van der Waals surface area contributed by atoms with Gasteiger partial charge in [0.15, 0.2) is 0 Å². The van der Waals surface area contributed by atoms with E-state index in [0.29, 0.717) is 25.7 Å². The van der Waals surface area contributed by atoms with E-state index in [9.17, 15) is 24.6 Å². The molecule has 6 nitrogen and oxygen atoms in total. The van der Waals surface area contributed by atoms with E-state index in [4.69, 9.17) is 4.74 Å². The molecular weight excluding hydrogens is 300 g/mol. The van der Waals surface area contributed by atoms with Crippen molar-refractivity contribution in [3.8, 4) is 0 Å². The molecule has 0 aliphatic heterocycles. The predicted octanol–water partition coefficient (Wildman–Crippen LogP) is 2.45. The van der Waals surface area contributed by atoms with Crippen LogP contribution in [0.5, 0.6) is 0 Å². The summed E-state index contributed by atoms with van der Waals surface area (Å²) in [7, 11) is 0. The van der Waals surface area contributed by atoms with Crippen molar-refractivity contribution >= 4 is 17.9 Å². The highest BCUT2D eigenvalue weighted by molar-refractivity contribution is 5.82. The lowest BCUT2D eigenvalue weighted by Gasteiger charge is -2.62. The van der Waals surface area contributed by atoms with Gasteiger partial charge < -0.3 is 14.9 Å². The molecule has 0 heterocycles. The highest BCUT2D eigenvalue weighted by Crippen LogP contribution is 2.67. The first-order valence-corrected chi connectivity index (χ1v) is 8.36. The van der Waals surface area contributed by atoms with Gasteiger partial charge in [0, 0.05) is 12.8 Å². The number of carbonyl (C=O) groups excluding carboxylic acids is 1. The molecule has 3 atom stereocenters. The number of ether oxygens (including phenoxy) is 1. The minimum Gasteiger partial charge on any atom is -0.481 e. The largest absolute Gasteiger partial charge is 0.481 e. The smallest absolute Gasteiger partial charge is 0.309 e. The number of carboxylic acids is 2. The van der Waals surface area contributed by atoms with E-state index in [1.165, 1.54) is 0 Å². The number of aliphatic carboxylic acids is 2. The Bertz CT molecular complexity index is 537. The number of hydrogen-bond acceptors (Lipinski definition) is 4. The SMILES string of the molecule is CCC(C)C(=O)OC12CC3CC(C(=O)O)(C1)CC(C(=O)O)(C3)C2. The summed E-state index contributed by atoms with van der Waals surface area (Å²) in [6, 6.07) is 0. The van der Waals surface area contributed by atoms with Crippen molar-refractivity contribution in [1.82, 2.24) is 0 Å². The Morgan fingerprint density at radius 2 is 1.57 bits per heavy atom. The van der Waals surface area contributed by atoms with Gasteiger partial charge >= 0.3 is 17.9 Å². The molecular formula is C17H24O6. The quantitative estimate of drug-likeness (QED) is 0.753. The van der Waals surface area contributed by atoms with E-state index in [0.717, 1.165) is 0 Å². The van der Waals surface area contributed by atoms with E-state index in [2.05, 4.69) is 0 Å². The summed E-state index contributed by atoms with van der Waals surface area (Å²) >= 11 is 0. The predicted molar refractivity (Wildman–Crippen MR) is 79.6 cm³/mol. The second kappa shape index (κ2) is 4.95. The molecule has 0 aromatic heterocycles. The molecule has 0 radical (unpaired) electrons. The average Bonchev–Trinajstić information content (AvgIpc) is 2.44. The maximum atomic E-state index is 12.3. The number of esters is 1. The molecule has 3 unspecified atom stereocenters. The summed E-state index contributed by atoms with van der Waals surface area (Å²) in [4.78, 5) is 36.1. The number of carbonyl (C=O) groups is 3. The highest BCUT2D eigenvalue weighted by Gasteiger charge is 2.69. The molecule has 0 aromatic carbocycles. The van der Waals surface area contributed by atoms with Crippen LogP contribution in [0, 0.1) is 22.7 Å². The monoisotopic (exact) mass is 324 g/mol. The molecule has 6 heteroatoms. The lowest BCUT2D eigenvalue weighted by Crippen LogP contribution is -2.65. The van der Waals surface area contributed by atoms with Gasteiger partial charge in [-0.2, -0.15) is 0 Å². The first-order valence-electron chi connectivity index (χ1n) is 8.36. The fourth-order valence-electron chi connectivity index (χ4n) is 5.42. The average molecular weight is 324 g/mol. The molecule has 4 saturated carbocycles. The van der Waals surface area contributed by atoms with Gasteiger partial charge in [0.2, 0.25) is 0 Å². The minimum atomic E-state index is -1.06. The van der Waals surface area contributed by atoms with E-state index in [1.807, 2.05) is 6.92 Å². The molecule has 4 aliphatic carbocycles. The molecule has 4 rings (SSSR count). The first-order chi connectivity index (χ1) is 10.7. The van der Waals surface area contributed by atoms with Crippen LogP contribution in [-0.4, -0.2) is 33.7 Å². The normalized spacial score (nSPS) is 42.3. The number of carboxylic acid groups (broad SMARTS) is 2. The Balaban J connectivity index is 1.97. The first kappa shape index (κ1) is 16.3. The van der Waals surface area contributed by atoms with E-state index in [1.54, 1.807) is 6.92 Å². The Labute approximate surface area is 135 Å². The van der Waals surface area contributed by atoms with Crippen molar-refractivity contribution in [2.45, 2.75) is 64.4 Å². The van der Waals surface area contributed by atoms with Gasteiger partial charge in [0.25, 0.3) is 0 Å². The van der Waals surface area contributed by atoms with Crippen LogP contribution in [0.4, 0.5) is 0 Å². The molecule has 128 valence electrons. The van der Waals surface area contributed by atoms with E-state index >= 15 is 0 Å². The third kappa shape index (κ3) is 2.34. The van der Waals surface area contributed by atoms with Crippen molar-refractivity contribution in [3.63, 3.8) is 0 Å². The van der Waals surface area contributed by atoms with Gasteiger partial charge in [-0.3, -0.25) is 14.4 Å². The summed E-state index contributed by atoms with van der Waals surface area (Å²) < 4.78 is 5.79. The van der Waals surface area contributed by atoms with Gasteiger partial charge in [0.1, 0.15) is 5.60 Å².